The van der Waals surface area contributed by atoms with Crippen LogP contribution in [0.5, 0.6) is 0 Å². The number of unbranched alkanes of at least 4 members (excludes halogenated alkanes) is 2. The van der Waals surface area contributed by atoms with Crippen LogP contribution in [-0.2, 0) is 9.59 Å². The van der Waals surface area contributed by atoms with E-state index in [4.69, 9.17) is 15.9 Å². The molecular formula is C24H30N4O3. The highest BCUT2D eigenvalue weighted by Gasteiger charge is 2.31. The van der Waals surface area contributed by atoms with Gasteiger partial charge in [-0.1, -0.05) is 48.5 Å². The van der Waals surface area contributed by atoms with Gasteiger partial charge in [-0.15, -0.1) is 0 Å². The number of aliphatic imine (C=N–C) groups is 1. The van der Waals surface area contributed by atoms with Crippen molar-refractivity contribution in [2.75, 3.05) is 18.0 Å². The first-order valence-corrected chi connectivity index (χ1v) is 10.8. The van der Waals surface area contributed by atoms with Crippen molar-refractivity contribution in [3.05, 3.63) is 65.7 Å². The summed E-state index contributed by atoms with van der Waals surface area (Å²) < 4.78 is 0. The summed E-state index contributed by atoms with van der Waals surface area (Å²) in [4.78, 5) is 31.6. The number of rotatable bonds is 10. The van der Waals surface area contributed by atoms with Gasteiger partial charge in [0, 0.05) is 24.1 Å². The molecule has 0 aromatic heterocycles. The standard InChI is InChI=1S/C24H30N4O3/c25-16-8-6-13-20-24(30)28(17-9-7-15-22(29)27-31)21-14-5-4-12-19(21)23(26-20)18-10-2-1-3-11-18/h1-5,10-12,14,20,31H,6-9,13,15-17,25H2,(H,27,29)/t20-/m0/s1. The van der Waals surface area contributed by atoms with Crippen LogP contribution in [0.2, 0.25) is 0 Å². The Morgan fingerprint density at radius 2 is 1.77 bits per heavy atom. The van der Waals surface area contributed by atoms with Crippen molar-refractivity contribution in [3.63, 3.8) is 0 Å². The van der Waals surface area contributed by atoms with Gasteiger partial charge in [0.05, 0.1) is 11.4 Å². The molecule has 7 nitrogen and oxygen atoms in total. The van der Waals surface area contributed by atoms with E-state index in [0.717, 1.165) is 35.4 Å². The molecule has 0 saturated heterocycles. The molecule has 7 heteroatoms. The summed E-state index contributed by atoms with van der Waals surface area (Å²) in [5.74, 6) is -0.445. The molecule has 0 aliphatic carbocycles. The highest BCUT2D eigenvalue weighted by molar-refractivity contribution is 6.20. The van der Waals surface area contributed by atoms with Crippen molar-refractivity contribution >= 4 is 23.2 Å². The molecule has 1 heterocycles. The monoisotopic (exact) mass is 422 g/mol. The van der Waals surface area contributed by atoms with Crippen LogP contribution in [0.4, 0.5) is 5.69 Å². The third-order valence-electron chi connectivity index (χ3n) is 5.43. The number of anilines is 1. The molecule has 0 bridgehead atoms. The average Bonchev–Trinajstić information content (AvgIpc) is 2.92. The van der Waals surface area contributed by atoms with Crippen molar-refractivity contribution in [1.82, 2.24) is 5.48 Å². The highest BCUT2D eigenvalue weighted by atomic mass is 16.5. The number of para-hydroxylation sites is 1. The van der Waals surface area contributed by atoms with E-state index in [1.54, 1.807) is 10.4 Å². The number of carbonyl (C=O) groups is 2. The van der Waals surface area contributed by atoms with E-state index < -0.39 is 11.9 Å². The summed E-state index contributed by atoms with van der Waals surface area (Å²) in [5, 5.41) is 8.68. The Morgan fingerprint density at radius 3 is 2.52 bits per heavy atom. The Morgan fingerprint density at radius 1 is 1.03 bits per heavy atom. The summed E-state index contributed by atoms with van der Waals surface area (Å²) in [6.45, 7) is 1.08. The molecule has 0 unspecified atom stereocenters. The first-order chi connectivity index (χ1) is 15.2. The molecule has 4 N–H and O–H groups in total. The number of hydroxylamine groups is 1. The third kappa shape index (κ3) is 5.77. The number of fused-ring (bicyclic) bond motifs is 1. The number of benzodiazepines with no additional fused rings is 1. The second-order valence-corrected chi connectivity index (χ2v) is 7.64. The SMILES string of the molecule is NCCCC[C@@H]1N=C(c2ccccc2)c2ccccc2N(CCCCC(=O)NO)C1=O. The minimum atomic E-state index is -0.477. The molecule has 2 aromatic rings. The lowest BCUT2D eigenvalue weighted by Gasteiger charge is -2.25. The lowest BCUT2D eigenvalue weighted by atomic mass is 10.00. The Bertz CT molecular complexity index is 914. The summed E-state index contributed by atoms with van der Waals surface area (Å²) in [6, 6.07) is 17.3. The molecule has 164 valence electrons. The zero-order chi connectivity index (χ0) is 22.1. The molecule has 3 rings (SSSR count). The van der Waals surface area contributed by atoms with Crippen LogP contribution in [0.25, 0.3) is 0 Å². The molecule has 0 fully saturated rings. The van der Waals surface area contributed by atoms with Gasteiger partial charge in [0.25, 0.3) is 5.91 Å². The number of hydrogen-bond donors (Lipinski definition) is 3. The van der Waals surface area contributed by atoms with E-state index in [2.05, 4.69) is 0 Å². The Kier molecular flexibility index (Phi) is 8.32. The van der Waals surface area contributed by atoms with Gasteiger partial charge in [-0.2, -0.15) is 0 Å². The first-order valence-electron chi connectivity index (χ1n) is 10.8. The number of benzene rings is 2. The van der Waals surface area contributed by atoms with Crippen molar-refractivity contribution in [2.24, 2.45) is 10.7 Å². The van der Waals surface area contributed by atoms with Gasteiger partial charge >= 0.3 is 0 Å². The van der Waals surface area contributed by atoms with Crippen LogP contribution in [0.1, 0.15) is 49.7 Å². The fourth-order valence-corrected chi connectivity index (χ4v) is 3.83. The molecule has 1 atom stereocenters. The first kappa shape index (κ1) is 22.7. The zero-order valence-electron chi connectivity index (χ0n) is 17.7. The maximum absolute atomic E-state index is 13.5. The number of carbonyl (C=O) groups excluding carboxylic acids is 2. The van der Waals surface area contributed by atoms with Crippen molar-refractivity contribution in [1.29, 1.82) is 0 Å². The minimum Gasteiger partial charge on any atom is -0.330 e. The zero-order valence-corrected chi connectivity index (χ0v) is 17.7. The van der Waals surface area contributed by atoms with Gasteiger partial charge in [0.15, 0.2) is 0 Å². The Labute approximate surface area is 182 Å². The molecule has 0 spiro atoms. The molecule has 1 aliphatic rings. The Hall–Kier alpha value is -3.03. The topological polar surface area (TPSA) is 108 Å². The van der Waals surface area contributed by atoms with Crippen LogP contribution in [0.15, 0.2) is 59.6 Å². The van der Waals surface area contributed by atoms with Gasteiger partial charge in [-0.25, -0.2) is 5.48 Å². The fraction of sp³-hybridized carbons (Fsp3) is 0.375. The molecule has 2 aromatic carbocycles. The highest BCUT2D eigenvalue weighted by Crippen LogP contribution is 2.30. The summed E-state index contributed by atoms with van der Waals surface area (Å²) in [5.41, 5.74) is 10.9. The Balaban J connectivity index is 1.93. The molecule has 31 heavy (non-hydrogen) atoms. The largest absolute Gasteiger partial charge is 0.330 e. The predicted molar refractivity (Wildman–Crippen MR) is 121 cm³/mol. The number of nitrogens with zero attached hydrogens (tertiary/aromatic N) is 2. The van der Waals surface area contributed by atoms with E-state index in [1.807, 2.05) is 54.6 Å². The quantitative estimate of drug-likeness (QED) is 0.311. The minimum absolute atomic E-state index is 0.0259. The fourth-order valence-electron chi connectivity index (χ4n) is 3.83. The lowest BCUT2D eigenvalue weighted by molar-refractivity contribution is -0.129. The summed E-state index contributed by atoms with van der Waals surface area (Å²) >= 11 is 0. The van der Waals surface area contributed by atoms with Crippen molar-refractivity contribution in [2.45, 2.75) is 44.6 Å². The number of nitrogens with one attached hydrogen (secondary N) is 1. The van der Waals surface area contributed by atoms with Crippen LogP contribution >= 0.6 is 0 Å². The van der Waals surface area contributed by atoms with Crippen molar-refractivity contribution < 1.29 is 14.8 Å². The van der Waals surface area contributed by atoms with Gasteiger partial charge in [-0.05, 0) is 44.7 Å². The summed E-state index contributed by atoms with van der Waals surface area (Å²) in [7, 11) is 0. The van der Waals surface area contributed by atoms with Gasteiger partial charge in [-0.3, -0.25) is 19.8 Å². The lowest BCUT2D eigenvalue weighted by Crippen LogP contribution is -2.38. The van der Waals surface area contributed by atoms with Crippen LogP contribution in [0, 0.1) is 0 Å². The molecule has 2 amide bonds. The molecular weight excluding hydrogens is 392 g/mol. The van der Waals surface area contributed by atoms with E-state index in [1.165, 1.54) is 0 Å². The van der Waals surface area contributed by atoms with Crippen molar-refractivity contribution in [3.8, 4) is 0 Å². The predicted octanol–water partition coefficient (Wildman–Crippen LogP) is 3.04. The smallest absolute Gasteiger partial charge is 0.251 e. The number of hydrogen-bond acceptors (Lipinski definition) is 5. The maximum atomic E-state index is 13.5. The molecule has 1 aliphatic heterocycles. The number of amides is 2. The average molecular weight is 423 g/mol. The summed E-state index contributed by atoms with van der Waals surface area (Å²) in [6.07, 6.45) is 3.75. The van der Waals surface area contributed by atoms with Gasteiger partial charge in [0.1, 0.15) is 6.04 Å². The van der Waals surface area contributed by atoms with E-state index in [0.29, 0.717) is 32.4 Å². The van der Waals surface area contributed by atoms with E-state index >= 15 is 0 Å². The second kappa shape index (κ2) is 11.4. The van der Waals surface area contributed by atoms with Crippen LogP contribution in [0.3, 0.4) is 0 Å². The van der Waals surface area contributed by atoms with E-state index in [9.17, 15) is 9.59 Å². The third-order valence-corrected chi connectivity index (χ3v) is 5.43. The number of nitrogens with two attached hydrogens (primary N) is 1. The van der Waals surface area contributed by atoms with Gasteiger partial charge in [0.2, 0.25) is 5.91 Å². The second-order valence-electron chi connectivity index (χ2n) is 7.64. The van der Waals surface area contributed by atoms with E-state index in [-0.39, 0.29) is 12.3 Å². The normalized spacial score (nSPS) is 15.8. The maximum Gasteiger partial charge on any atom is 0.251 e. The van der Waals surface area contributed by atoms with Crippen LogP contribution < -0.4 is 16.1 Å². The van der Waals surface area contributed by atoms with Crippen LogP contribution in [-0.4, -0.2) is 41.9 Å². The molecule has 0 radical (unpaired) electrons. The van der Waals surface area contributed by atoms with Gasteiger partial charge < -0.3 is 10.6 Å². The molecule has 0 saturated carbocycles.